The van der Waals surface area contributed by atoms with E-state index in [1.807, 2.05) is 48.5 Å². The maximum absolute atomic E-state index is 15.3. The third-order valence-corrected chi connectivity index (χ3v) is 20.1. The van der Waals surface area contributed by atoms with Crippen LogP contribution < -0.4 is 54.0 Å². The van der Waals surface area contributed by atoms with Crippen molar-refractivity contribution in [2.75, 3.05) is 31.1 Å². The SMILES string of the molecule is NCCCC[C@@H]1NC(=O)CCSCc2cccc(c2)CSC[C@@H](C(N)=O)NC(=O)[C@@H]2CCCN2C(=O)[C@H](Cc2cccc3ccccc23)NC(=O)[C@H](Cc2cnc[nH]2)NC(=O)[C@H](CC(=O)O)NC(=O)[C@H](Cc2c[nH]c3ccc(F)cc23)NC(=O)[C@H](Cc2c[nH]c3ccc(F)cc23)NC(=O)CNC1=O. The smallest absolute Gasteiger partial charge is 0.305 e. The fourth-order valence-electron chi connectivity index (χ4n) is 12.7. The lowest BCUT2D eigenvalue weighted by Gasteiger charge is -2.31. The Labute approximate surface area is 598 Å². The number of hydrogen-bond acceptors (Lipinski definition) is 15. The lowest BCUT2D eigenvalue weighted by Crippen LogP contribution is -2.61. The van der Waals surface area contributed by atoms with Crippen molar-refractivity contribution in [1.82, 2.24) is 67.4 Å². The first-order valence-electron chi connectivity index (χ1n) is 33.7. The zero-order chi connectivity index (χ0) is 73.1. The molecule has 10 rings (SSSR count). The van der Waals surface area contributed by atoms with Gasteiger partial charge in [-0.25, -0.2) is 13.8 Å². The van der Waals surface area contributed by atoms with Gasteiger partial charge >= 0.3 is 5.97 Å². The molecule has 16 N–H and O–H groups in total. The van der Waals surface area contributed by atoms with Crippen molar-refractivity contribution in [2.45, 2.75) is 130 Å². The molecule has 8 aromatic rings. The van der Waals surface area contributed by atoms with Gasteiger partial charge in [0.2, 0.25) is 59.1 Å². The van der Waals surface area contributed by atoms with E-state index in [2.05, 4.69) is 62.5 Å². The summed E-state index contributed by atoms with van der Waals surface area (Å²) in [4.78, 5) is 172. The normalized spacial score (nSPS) is 21.8. The van der Waals surface area contributed by atoms with E-state index in [9.17, 15) is 47.4 Å². The van der Waals surface area contributed by atoms with Crippen LogP contribution in [0.2, 0.25) is 0 Å². The summed E-state index contributed by atoms with van der Waals surface area (Å²) in [7, 11) is 0. The van der Waals surface area contributed by atoms with Crippen LogP contribution in [0.4, 0.5) is 8.78 Å². The number of amides is 10. The number of thioether (sulfide) groups is 2. The molecule has 5 aromatic carbocycles. The van der Waals surface area contributed by atoms with Gasteiger partial charge in [-0.05, 0) is 114 Å². The molecule has 27 nitrogen and oxygen atoms in total. The second-order valence-corrected chi connectivity index (χ2v) is 27.6. The Balaban J connectivity index is 0.988. The Morgan fingerprint density at radius 1 is 0.583 bits per heavy atom. The molecule has 0 radical (unpaired) electrons. The molecule has 0 spiro atoms. The summed E-state index contributed by atoms with van der Waals surface area (Å²) < 4.78 is 29.9. The average molecular weight is 1450 g/mol. The van der Waals surface area contributed by atoms with Gasteiger partial charge in [-0.1, -0.05) is 66.7 Å². The van der Waals surface area contributed by atoms with Crippen molar-refractivity contribution in [3.05, 3.63) is 173 Å². The number of fused-ring (bicyclic) bond motifs is 6. The van der Waals surface area contributed by atoms with E-state index in [0.717, 1.165) is 21.9 Å². The van der Waals surface area contributed by atoms with Crippen LogP contribution in [-0.2, 0) is 89.9 Å². The van der Waals surface area contributed by atoms with E-state index >= 15 is 19.2 Å². The first-order valence-corrected chi connectivity index (χ1v) is 36.1. The number of nitrogens with two attached hydrogens (primary N) is 2. The lowest BCUT2D eigenvalue weighted by atomic mass is 9.97. The molecule has 0 saturated carbocycles. The first kappa shape index (κ1) is 75.0. The molecule has 10 amide bonds. The zero-order valence-corrected chi connectivity index (χ0v) is 57.7. The van der Waals surface area contributed by atoms with Crippen LogP contribution >= 0.6 is 23.5 Å². The van der Waals surface area contributed by atoms with Gasteiger partial charge in [-0.2, -0.15) is 23.5 Å². The zero-order valence-electron chi connectivity index (χ0n) is 56.0. The summed E-state index contributed by atoms with van der Waals surface area (Å²) in [6.07, 6.45) is 4.79. The van der Waals surface area contributed by atoms with Gasteiger partial charge < -0.3 is 79.0 Å². The Kier molecular flexibility index (Phi) is 26.1. The molecule has 2 bridgehead atoms. The number of halogens is 2. The number of aromatic amines is 3. The predicted octanol–water partition coefficient (Wildman–Crippen LogP) is 3.23. The molecule has 1 fully saturated rings. The van der Waals surface area contributed by atoms with Crippen molar-refractivity contribution in [2.24, 2.45) is 11.5 Å². The second-order valence-electron chi connectivity index (χ2n) is 25.4. The number of nitrogens with zero attached hydrogens (tertiary/aromatic N) is 2. The Hall–Kier alpha value is -10.7. The molecule has 31 heteroatoms. The van der Waals surface area contributed by atoms with Gasteiger partial charge in [0.15, 0.2) is 0 Å². The van der Waals surface area contributed by atoms with E-state index in [4.69, 9.17) is 11.5 Å². The molecule has 2 aliphatic rings. The van der Waals surface area contributed by atoms with Crippen LogP contribution in [0.1, 0.15) is 78.5 Å². The highest BCUT2D eigenvalue weighted by molar-refractivity contribution is 7.98. The second kappa shape index (κ2) is 35.8. The van der Waals surface area contributed by atoms with Gasteiger partial charge in [0.25, 0.3) is 0 Å². The number of nitrogens with one attached hydrogen (secondary N) is 11. The predicted molar refractivity (Wildman–Crippen MR) is 383 cm³/mol. The summed E-state index contributed by atoms with van der Waals surface area (Å²) in [5.41, 5.74) is 15.9. The van der Waals surface area contributed by atoms with E-state index in [-0.39, 0.29) is 67.5 Å². The summed E-state index contributed by atoms with van der Waals surface area (Å²) >= 11 is 2.81. The van der Waals surface area contributed by atoms with Gasteiger partial charge in [0.05, 0.1) is 19.3 Å². The Morgan fingerprint density at radius 3 is 1.83 bits per heavy atom. The highest BCUT2D eigenvalue weighted by Gasteiger charge is 2.41. The maximum atomic E-state index is 15.3. The number of unbranched alkanes of at least 4 members (excludes halogenated alkanes) is 1. The minimum atomic E-state index is -2.03. The number of carbonyl (C=O) groups excluding carboxylic acids is 10. The van der Waals surface area contributed by atoms with E-state index in [1.54, 1.807) is 18.2 Å². The molecule has 0 unspecified atom stereocenters. The molecule has 3 aromatic heterocycles. The third kappa shape index (κ3) is 20.6. The summed E-state index contributed by atoms with van der Waals surface area (Å²) in [6, 6.07) is 16.1. The van der Waals surface area contributed by atoms with Gasteiger partial charge in [0.1, 0.15) is 60.0 Å². The largest absolute Gasteiger partial charge is 0.481 e. The number of imidazole rings is 1. The van der Waals surface area contributed by atoms with Crippen molar-refractivity contribution in [1.29, 1.82) is 0 Å². The van der Waals surface area contributed by atoms with Gasteiger partial charge in [0, 0.05) is 108 Å². The summed E-state index contributed by atoms with van der Waals surface area (Å²) in [5, 5.41) is 33.7. The van der Waals surface area contributed by atoms with Crippen LogP contribution in [-0.4, -0.2) is 174 Å². The van der Waals surface area contributed by atoms with E-state index in [1.165, 1.54) is 89.7 Å². The lowest BCUT2D eigenvalue weighted by molar-refractivity contribution is -0.143. The van der Waals surface area contributed by atoms with Crippen molar-refractivity contribution in [3.8, 4) is 0 Å². The molecule has 5 heterocycles. The van der Waals surface area contributed by atoms with Crippen LogP contribution in [0.15, 0.2) is 128 Å². The molecule has 103 heavy (non-hydrogen) atoms. The van der Waals surface area contributed by atoms with Crippen molar-refractivity contribution >= 4 is 121 Å². The van der Waals surface area contributed by atoms with E-state index in [0.29, 0.717) is 70.6 Å². The standard InChI is InChI=1S/C72H81F2N15O12S2/c73-46-16-18-52-50(28-46)44(32-78-52)26-55-67(96)84-56(27-45-33-79-53-19-17-47(74)29-51(45)53)68(97)86-58(31-64(92)93)70(99)85-57(30-48-34-77-39-81-48)69(98)87-59(25-43-12-6-11-42-10-1-2-13-49(42)43)72(101)89-22-7-15-61(89)71(100)88-60(65(76)94)38-103-37-41-9-5-8-40(24-41)36-102-23-20-62(90)82-54(14-3-4-21-75)66(95)80-35-63(91)83-55/h1-2,5-6,8-13,16-19,24,28-29,32-34,39,54-61,78-79H,3-4,7,14-15,20-23,25-27,30-31,35-38,75H2,(H2,76,94)(H,77,81)(H,80,95)(H,82,90)(H,83,91)(H,84,96)(H,85,99)(H,86,97)(H,87,98)(H,88,100)(H,92,93)/t54-,55-,56-,57-,58-,59-,60-,61-/m0/s1. The molecular formula is C72H81F2N15O12S2. The topological polar surface area (TPSA) is 420 Å². The highest BCUT2D eigenvalue weighted by atomic mass is 32.2. The molecule has 2 aliphatic heterocycles. The van der Waals surface area contributed by atoms with Crippen LogP contribution in [0, 0.1) is 11.6 Å². The maximum Gasteiger partial charge on any atom is 0.305 e. The first-order chi connectivity index (χ1) is 49.7. The van der Waals surface area contributed by atoms with Crippen LogP contribution in [0.25, 0.3) is 32.6 Å². The number of aromatic nitrogens is 4. The number of H-pyrrole nitrogens is 3. The van der Waals surface area contributed by atoms with Crippen LogP contribution in [0.3, 0.4) is 0 Å². The summed E-state index contributed by atoms with van der Waals surface area (Å²) in [6.45, 7) is -0.372. The number of carboxylic acid groups (broad SMARTS) is 1. The minimum Gasteiger partial charge on any atom is -0.481 e. The number of rotatable bonds is 15. The fourth-order valence-corrected chi connectivity index (χ4v) is 14.6. The molecule has 542 valence electrons. The van der Waals surface area contributed by atoms with Crippen LogP contribution in [0.5, 0.6) is 0 Å². The summed E-state index contributed by atoms with van der Waals surface area (Å²) in [5.74, 6) is -10.2. The average Bonchev–Trinajstić information content (AvgIpc) is 1.47. The number of benzene rings is 5. The molecule has 0 aliphatic carbocycles. The number of hydrogen-bond donors (Lipinski definition) is 14. The fraction of sp³-hybridized carbons (Fsp3) is 0.361. The Morgan fingerprint density at radius 2 is 1.17 bits per heavy atom. The minimum absolute atomic E-state index is 0.0158. The quantitative estimate of drug-likeness (QED) is 0.0655. The highest BCUT2D eigenvalue weighted by Crippen LogP contribution is 2.27. The van der Waals surface area contributed by atoms with E-state index < -0.39 is 144 Å². The molecular weight excluding hydrogens is 1370 g/mol. The van der Waals surface area contributed by atoms with Gasteiger partial charge in [-0.3, -0.25) is 52.7 Å². The molecule has 1 saturated heterocycles. The number of primary amides is 1. The monoisotopic (exact) mass is 1450 g/mol. The number of carboxylic acids is 1. The van der Waals surface area contributed by atoms with Crippen molar-refractivity contribution < 1.29 is 66.6 Å². The molecule has 8 atom stereocenters. The Bertz CT molecular complexity index is 4420. The third-order valence-electron chi connectivity index (χ3n) is 17.9. The van der Waals surface area contributed by atoms with Gasteiger partial charge in [-0.15, -0.1) is 0 Å². The van der Waals surface area contributed by atoms with Crippen molar-refractivity contribution in [3.63, 3.8) is 0 Å². The number of aliphatic carboxylic acids is 1. The number of carbonyl (C=O) groups is 11.